The van der Waals surface area contributed by atoms with E-state index >= 15 is 0 Å². The Morgan fingerprint density at radius 3 is 2.73 bits per heavy atom. The Balaban J connectivity index is 0.00000196. The summed E-state index contributed by atoms with van der Waals surface area (Å²) in [7, 11) is 0. The Kier molecular flexibility index (Phi) is 5.44. The molecule has 0 spiro atoms. The average molecular weight is 391 g/mol. The Morgan fingerprint density at radius 2 is 1.96 bits per heavy atom. The van der Waals surface area contributed by atoms with Crippen molar-refractivity contribution in [1.82, 2.24) is 9.97 Å². The fourth-order valence-electron chi connectivity index (χ4n) is 3.23. The van der Waals surface area contributed by atoms with E-state index in [-0.39, 0.29) is 18.2 Å². The number of aryl methyl sites for hydroxylation is 1. The van der Waals surface area contributed by atoms with E-state index in [2.05, 4.69) is 33.6 Å². The highest BCUT2D eigenvalue weighted by Gasteiger charge is 2.26. The monoisotopic (exact) mass is 390 g/mol. The molecule has 1 unspecified atom stereocenters. The number of rotatable bonds is 3. The van der Waals surface area contributed by atoms with Gasteiger partial charge < -0.3 is 10.2 Å². The van der Waals surface area contributed by atoms with Crippen LogP contribution in [0.2, 0.25) is 0 Å². The predicted molar refractivity (Wildman–Crippen MR) is 107 cm³/mol. The van der Waals surface area contributed by atoms with Crippen molar-refractivity contribution in [3.05, 3.63) is 63.7 Å². The number of nitrogens with zero attached hydrogens (tertiary/aromatic N) is 3. The molecule has 1 N–H and O–H groups in total. The van der Waals surface area contributed by atoms with Gasteiger partial charge in [0.05, 0.1) is 6.04 Å². The summed E-state index contributed by atoms with van der Waals surface area (Å²) in [5.74, 6) is 1.19. The minimum Gasteiger partial charge on any atom is -0.349 e. The maximum absolute atomic E-state index is 13.1. The average Bonchev–Trinajstić information content (AvgIpc) is 3.06. The molecule has 0 saturated carbocycles. The van der Waals surface area contributed by atoms with Crippen LogP contribution in [0.15, 0.2) is 41.8 Å². The Morgan fingerprint density at radius 1 is 1.19 bits per heavy atom. The third-order valence-electron chi connectivity index (χ3n) is 4.49. The van der Waals surface area contributed by atoms with Crippen LogP contribution in [0.3, 0.4) is 0 Å². The lowest BCUT2D eigenvalue weighted by Gasteiger charge is -2.34. The van der Waals surface area contributed by atoms with Gasteiger partial charge in [-0.3, -0.25) is 0 Å². The van der Waals surface area contributed by atoms with Crippen LogP contribution >= 0.6 is 23.7 Å². The summed E-state index contributed by atoms with van der Waals surface area (Å²) >= 11 is 1.81. The van der Waals surface area contributed by atoms with Crippen LogP contribution in [0, 0.1) is 12.7 Å². The van der Waals surface area contributed by atoms with Crippen molar-refractivity contribution >= 4 is 41.2 Å². The molecule has 0 aliphatic carbocycles. The molecule has 1 aliphatic heterocycles. The van der Waals surface area contributed by atoms with Crippen molar-refractivity contribution in [3.8, 4) is 0 Å². The zero-order valence-electron chi connectivity index (χ0n) is 14.6. The minimum absolute atomic E-state index is 0. The van der Waals surface area contributed by atoms with E-state index in [9.17, 15) is 4.39 Å². The van der Waals surface area contributed by atoms with Gasteiger partial charge in [0.25, 0.3) is 0 Å². The number of benzene rings is 1. The topological polar surface area (TPSA) is 41.1 Å². The molecule has 3 heterocycles. The largest absolute Gasteiger partial charge is 0.349 e. The second-order valence-corrected chi connectivity index (χ2v) is 7.20. The van der Waals surface area contributed by atoms with E-state index in [0.29, 0.717) is 12.0 Å². The van der Waals surface area contributed by atoms with E-state index in [1.807, 2.05) is 24.3 Å². The minimum atomic E-state index is -0.259. The zero-order valence-corrected chi connectivity index (χ0v) is 16.2. The molecule has 0 fully saturated rings. The van der Waals surface area contributed by atoms with Gasteiger partial charge in [-0.25, -0.2) is 9.37 Å². The number of anilines is 3. The van der Waals surface area contributed by atoms with Crippen LogP contribution in [0.5, 0.6) is 0 Å². The lowest BCUT2D eigenvalue weighted by molar-refractivity contribution is 0.627. The number of hydrogen-bond acceptors (Lipinski definition) is 5. The van der Waals surface area contributed by atoms with Gasteiger partial charge in [-0.15, -0.1) is 23.7 Å². The van der Waals surface area contributed by atoms with Gasteiger partial charge >= 0.3 is 0 Å². The number of halogens is 2. The Labute approximate surface area is 162 Å². The molecule has 0 saturated heterocycles. The Bertz CT molecular complexity index is 897. The van der Waals surface area contributed by atoms with Gasteiger partial charge in [-0.05, 0) is 61.5 Å². The molecule has 4 nitrogen and oxygen atoms in total. The van der Waals surface area contributed by atoms with Gasteiger partial charge in [-0.1, -0.05) is 0 Å². The van der Waals surface area contributed by atoms with Crippen LogP contribution in [-0.2, 0) is 6.42 Å². The highest BCUT2D eigenvalue weighted by atomic mass is 35.5. The van der Waals surface area contributed by atoms with E-state index in [1.165, 1.54) is 22.6 Å². The predicted octanol–water partition coefficient (Wildman–Crippen LogP) is 5.27. The van der Waals surface area contributed by atoms with Crippen LogP contribution in [-0.4, -0.2) is 16.5 Å². The van der Waals surface area contributed by atoms with Gasteiger partial charge in [0.2, 0.25) is 5.95 Å². The fourth-order valence-corrected chi connectivity index (χ4v) is 4.25. The summed E-state index contributed by atoms with van der Waals surface area (Å²) in [6, 6.07) is 10.8. The maximum atomic E-state index is 13.1. The molecule has 26 heavy (non-hydrogen) atoms. The van der Waals surface area contributed by atoms with Gasteiger partial charge in [0, 0.05) is 28.9 Å². The molecule has 7 heteroatoms. The van der Waals surface area contributed by atoms with E-state index in [1.54, 1.807) is 12.1 Å². The van der Waals surface area contributed by atoms with Crippen molar-refractivity contribution in [2.24, 2.45) is 0 Å². The van der Waals surface area contributed by atoms with Crippen LogP contribution in [0.1, 0.15) is 29.1 Å². The maximum Gasteiger partial charge on any atom is 0.229 e. The smallest absolute Gasteiger partial charge is 0.229 e. The first kappa shape index (κ1) is 18.6. The quantitative estimate of drug-likeness (QED) is 0.661. The zero-order chi connectivity index (χ0) is 17.4. The second-order valence-electron chi connectivity index (χ2n) is 6.25. The summed E-state index contributed by atoms with van der Waals surface area (Å²) in [4.78, 5) is 12.9. The molecule has 1 aliphatic rings. The summed E-state index contributed by atoms with van der Waals surface area (Å²) in [5, 5.41) is 5.33. The Hall–Kier alpha value is -2.18. The molecule has 136 valence electrons. The number of fused-ring (bicyclic) bond motifs is 1. The van der Waals surface area contributed by atoms with E-state index < -0.39 is 0 Å². The summed E-state index contributed by atoms with van der Waals surface area (Å²) < 4.78 is 13.1. The van der Waals surface area contributed by atoms with E-state index in [0.717, 1.165) is 30.2 Å². The van der Waals surface area contributed by atoms with Gasteiger partial charge in [0.1, 0.15) is 11.6 Å². The number of hydrogen-bond donors (Lipinski definition) is 1. The van der Waals surface area contributed by atoms with Crippen molar-refractivity contribution in [3.63, 3.8) is 0 Å². The lowest BCUT2D eigenvalue weighted by Crippen LogP contribution is -2.33. The normalized spacial score (nSPS) is 16.0. The van der Waals surface area contributed by atoms with Crippen molar-refractivity contribution in [1.29, 1.82) is 0 Å². The highest BCUT2D eigenvalue weighted by molar-refractivity contribution is 7.10. The lowest BCUT2D eigenvalue weighted by atomic mass is 10.0. The summed E-state index contributed by atoms with van der Waals surface area (Å²) in [6.07, 6.45) is 1.03. The first-order valence-corrected chi connectivity index (χ1v) is 9.19. The van der Waals surface area contributed by atoms with Crippen LogP contribution in [0.4, 0.5) is 21.8 Å². The molecule has 0 amide bonds. The number of thiophene rings is 1. The first-order valence-electron chi connectivity index (χ1n) is 8.31. The third-order valence-corrected chi connectivity index (χ3v) is 5.61. The standard InChI is InChI=1S/C19H19FN4S.ClH/c1-12-11-17(24-9-7-14-8-10-25-18(14)13(24)2)23-19(21-12)22-16-5-3-15(20)4-6-16;/h3-6,8,10-11,13H,7,9H2,1-2H3,(H,21,22,23);1H. The van der Waals surface area contributed by atoms with Crippen LogP contribution < -0.4 is 10.2 Å². The van der Waals surface area contributed by atoms with Crippen molar-refractivity contribution < 1.29 is 4.39 Å². The molecule has 0 bridgehead atoms. The van der Waals surface area contributed by atoms with Crippen molar-refractivity contribution in [2.45, 2.75) is 26.3 Å². The fraction of sp³-hybridized carbons (Fsp3) is 0.263. The molecule has 4 rings (SSSR count). The number of nitrogens with one attached hydrogen (secondary N) is 1. The van der Waals surface area contributed by atoms with Gasteiger partial charge in [-0.2, -0.15) is 4.98 Å². The third kappa shape index (κ3) is 3.66. The molecule has 0 radical (unpaired) electrons. The molecule has 1 atom stereocenters. The number of aromatic nitrogens is 2. The van der Waals surface area contributed by atoms with E-state index in [4.69, 9.17) is 4.98 Å². The molecule has 1 aromatic carbocycles. The second kappa shape index (κ2) is 7.60. The summed E-state index contributed by atoms with van der Waals surface area (Å²) in [5.41, 5.74) is 3.12. The molecule has 2 aromatic heterocycles. The SMILES string of the molecule is Cc1cc(N2CCc3ccsc3C2C)nc(Nc2ccc(F)cc2)n1.Cl. The highest BCUT2D eigenvalue weighted by Crippen LogP contribution is 2.36. The molecular formula is C19H20ClFN4S. The summed E-state index contributed by atoms with van der Waals surface area (Å²) in [6.45, 7) is 5.13. The molecular weight excluding hydrogens is 371 g/mol. The molecule has 3 aromatic rings. The van der Waals surface area contributed by atoms with Crippen LogP contribution in [0.25, 0.3) is 0 Å². The van der Waals surface area contributed by atoms with Gasteiger partial charge in [0.15, 0.2) is 0 Å². The first-order chi connectivity index (χ1) is 12.1. The van der Waals surface area contributed by atoms with Crippen molar-refractivity contribution in [2.75, 3.05) is 16.8 Å².